The third-order valence-electron chi connectivity index (χ3n) is 3.54. The van der Waals surface area contributed by atoms with Crippen LogP contribution in [-0.4, -0.2) is 61.6 Å². The minimum Gasteiger partial charge on any atom is -0.354 e. The number of nitrogens with one attached hydrogen (secondary N) is 1. The number of hydrogen-bond donors (Lipinski definition) is 1. The van der Waals surface area contributed by atoms with Gasteiger partial charge in [-0.1, -0.05) is 0 Å². The maximum absolute atomic E-state index is 4.47. The highest BCUT2D eigenvalue weighted by molar-refractivity contribution is 5.81. The Bertz CT molecular complexity index is 251. The van der Waals surface area contributed by atoms with Crippen LogP contribution in [0.25, 0.3) is 0 Å². The van der Waals surface area contributed by atoms with Crippen LogP contribution >= 0.6 is 0 Å². The minimum absolute atomic E-state index is 0.956. The smallest absolute Gasteiger partial charge is 0.194 e. The van der Waals surface area contributed by atoms with Crippen molar-refractivity contribution in [1.82, 2.24) is 15.1 Å². The molecule has 1 N–H and O–H groups in total. The van der Waals surface area contributed by atoms with Gasteiger partial charge in [0.1, 0.15) is 0 Å². The normalized spacial score (nSPS) is 27.7. The summed E-state index contributed by atoms with van der Waals surface area (Å²) in [6.07, 6.45) is 2.93. The third kappa shape index (κ3) is 2.25. The fourth-order valence-corrected chi connectivity index (χ4v) is 2.41. The van der Waals surface area contributed by atoms with Gasteiger partial charge in [0.05, 0.1) is 6.54 Å². The lowest BCUT2D eigenvalue weighted by Crippen LogP contribution is -2.51. The average molecular weight is 208 g/mol. The molecule has 4 heteroatoms. The van der Waals surface area contributed by atoms with Crippen LogP contribution in [0.4, 0.5) is 0 Å². The summed E-state index contributed by atoms with van der Waals surface area (Å²) < 4.78 is 0. The van der Waals surface area contributed by atoms with Gasteiger partial charge in [-0.2, -0.15) is 0 Å². The van der Waals surface area contributed by atoms with Crippen LogP contribution < -0.4 is 5.32 Å². The summed E-state index contributed by atoms with van der Waals surface area (Å²) in [6.45, 7) is 8.06. The second kappa shape index (κ2) is 4.00. The van der Waals surface area contributed by atoms with Crippen molar-refractivity contribution in [1.29, 1.82) is 0 Å². The van der Waals surface area contributed by atoms with Crippen molar-refractivity contribution < 1.29 is 0 Å². The van der Waals surface area contributed by atoms with E-state index in [2.05, 4.69) is 20.1 Å². The van der Waals surface area contributed by atoms with Crippen molar-refractivity contribution >= 4 is 5.96 Å². The molecule has 0 aromatic rings. The highest BCUT2D eigenvalue weighted by Gasteiger charge is 2.27. The fourth-order valence-electron chi connectivity index (χ4n) is 2.41. The zero-order chi connectivity index (χ0) is 10.1. The zero-order valence-electron chi connectivity index (χ0n) is 9.28. The van der Waals surface area contributed by atoms with Gasteiger partial charge in [-0.05, 0) is 18.8 Å². The molecule has 2 heterocycles. The van der Waals surface area contributed by atoms with Crippen molar-refractivity contribution in [3.63, 3.8) is 0 Å². The number of aliphatic imine (C=N–C) groups is 1. The maximum atomic E-state index is 4.47. The molecule has 1 saturated carbocycles. The van der Waals surface area contributed by atoms with Crippen molar-refractivity contribution in [3.05, 3.63) is 0 Å². The monoisotopic (exact) mass is 208 g/mol. The topological polar surface area (TPSA) is 30.9 Å². The van der Waals surface area contributed by atoms with E-state index >= 15 is 0 Å². The zero-order valence-corrected chi connectivity index (χ0v) is 9.28. The Hall–Kier alpha value is -0.770. The van der Waals surface area contributed by atoms with Crippen molar-refractivity contribution in [3.8, 4) is 0 Å². The van der Waals surface area contributed by atoms with Crippen molar-refractivity contribution in [2.75, 3.05) is 45.8 Å². The summed E-state index contributed by atoms with van der Waals surface area (Å²) in [4.78, 5) is 9.48. The summed E-state index contributed by atoms with van der Waals surface area (Å²) in [5, 5.41) is 3.35. The Morgan fingerprint density at radius 3 is 2.60 bits per heavy atom. The van der Waals surface area contributed by atoms with Gasteiger partial charge in [0, 0.05) is 39.3 Å². The first-order chi connectivity index (χ1) is 7.42. The molecule has 84 valence electrons. The van der Waals surface area contributed by atoms with Gasteiger partial charge in [-0.3, -0.25) is 9.89 Å². The number of rotatable bonds is 2. The van der Waals surface area contributed by atoms with Crippen LogP contribution in [0.2, 0.25) is 0 Å². The van der Waals surface area contributed by atoms with E-state index in [4.69, 9.17) is 0 Å². The molecule has 15 heavy (non-hydrogen) atoms. The van der Waals surface area contributed by atoms with Gasteiger partial charge in [-0.25, -0.2) is 0 Å². The standard InChI is InChI=1S/C11H20N4/c1-2-10(1)9-14-5-7-15(8-6-14)11-12-3-4-13-11/h10H,1-9H2,(H,12,13). The highest BCUT2D eigenvalue weighted by atomic mass is 15.4. The first-order valence-electron chi connectivity index (χ1n) is 6.17. The summed E-state index contributed by atoms with van der Waals surface area (Å²) in [7, 11) is 0. The molecule has 0 spiro atoms. The number of hydrogen-bond acceptors (Lipinski definition) is 4. The fraction of sp³-hybridized carbons (Fsp3) is 0.909. The van der Waals surface area contributed by atoms with E-state index in [0.717, 1.165) is 38.1 Å². The summed E-state index contributed by atoms with van der Waals surface area (Å²) in [5.41, 5.74) is 0. The Kier molecular flexibility index (Phi) is 2.52. The van der Waals surface area contributed by atoms with E-state index in [-0.39, 0.29) is 0 Å². The highest BCUT2D eigenvalue weighted by Crippen LogP contribution is 2.29. The molecule has 1 aliphatic carbocycles. The lowest BCUT2D eigenvalue weighted by molar-refractivity contribution is 0.174. The molecule has 3 rings (SSSR count). The number of guanidine groups is 1. The number of piperazine rings is 1. The van der Waals surface area contributed by atoms with Gasteiger partial charge in [0.25, 0.3) is 0 Å². The van der Waals surface area contributed by atoms with Crippen LogP contribution in [0.3, 0.4) is 0 Å². The van der Waals surface area contributed by atoms with Crippen molar-refractivity contribution in [2.45, 2.75) is 12.8 Å². The summed E-state index contributed by atoms with van der Waals surface area (Å²) in [6, 6.07) is 0. The first kappa shape index (κ1) is 9.46. The molecule has 3 aliphatic rings. The summed E-state index contributed by atoms with van der Waals surface area (Å²) in [5.74, 6) is 2.17. The molecule has 0 radical (unpaired) electrons. The van der Waals surface area contributed by atoms with E-state index in [0.29, 0.717) is 0 Å². The predicted octanol–water partition coefficient (Wildman–Crippen LogP) is -0.0268. The molecule has 4 nitrogen and oxygen atoms in total. The quantitative estimate of drug-likeness (QED) is 0.691. The van der Waals surface area contributed by atoms with E-state index in [1.807, 2.05) is 0 Å². The summed E-state index contributed by atoms with van der Waals surface area (Å²) >= 11 is 0. The molecule has 0 bridgehead atoms. The van der Waals surface area contributed by atoms with Crippen LogP contribution in [0, 0.1) is 5.92 Å². The maximum Gasteiger partial charge on any atom is 0.194 e. The van der Waals surface area contributed by atoms with Crippen LogP contribution in [0.5, 0.6) is 0 Å². The molecule has 2 aliphatic heterocycles. The second-order valence-electron chi connectivity index (χ2n) is 4.86. The SMILES string of the molecule is C1CNC(N2CCN(CC3CC3)CC2)=N1. The van der Waals surface area contributed by atoms with Gasteiger partial charge >= 0.3 is 0 Å². The predicted molar refractivity (Wildman–Crippen MR) is 61.0 cm³/mol. The average Bonchev–Trinajstić information content (AvgIpc) is 2.92. The Balaban J connectivity index is 1.47. The lowest BCUT2D eigenvalue weighted by Gasteiger charge is -2.35. The molecule has 0 unspecified atom stereocenters. The molecule has 0 aromatic carbocycles. The van der Waals surface area contributed by atoms with Gasteiger partial charge in [-0.15, -0.1) is 0 Å². The molecule has 0 amide bonds. The van der Waals surface area contributed by atoms with Gasteiger partial charge in [0.15, 0.2) is 5.96 Å². The van der Waals surface area contributed by atoms with Gasteiger partial charge < -0.3 is 10.2 Å². The molecular weight excluding hydrogens is 188 g/mol. The Morgan fingerprint density at radius 1 is 1.20 bits per heavy atom. The Labute approximate surface area is 91.3 Å². The van der Waals surface area contributed by atoms with Gasteiger partial charge in [0.2, 0.25) is 0 Å². The first-order valence-corrected chi connectivity index (χ1v) is 6.17. The van der Waals surface area contributed by atoms with E-state index in [1.54, 1.807) is 0 Å². The van der Waals surface area contributed by atoms with Crippen LogP contribution in [-0.2, 0) is 0 Å². The molecule has 0 aromatic heterocycles. The van der Waals surface area contributed by atoms with Crippen LogP contribution in [0.1, 0.15) is 12.8 Å². The van der Waals surface area contributed by atoms with E-state index in [1.165, 1.54) is 32.5 Å². The molecule has 2 fully saturated rings. The third-order valence-corrected chi connectivity index (χ3v) is 3.54. The second-order valence-corrected chi connectivity index (χ2v) is 4.86. The van der Waals surface area contributed by atoms with E-state index < -0.39 is 0 Å². The largest absolute Gasteiger partial charge is 0.354 e. The number of nitrogens with zero attached hydrogens (tertiary/aromatic N) is 3. The molecular formula is C11H20N4. The Morgan fingerprint density at radius 2 is 2.00 bits per heavy atom. The van der Waals surface area contributed by atoms with E-state index in [9.17, 15) is 0 Å². The van der Waals surface area contributed by atoms with Crippen molar-refractivity contribution in [2.24, 2.45) is 10.9 Å². The lowest BCUT2D eigenvalue weighted by atomic mass is 10.3. The molecule has 1 saturated heterocycles. The minimum atomic E-state index is 0.956. The van der Waals surface area contributed by atoms with Crippen LogP contribution in [0.15, 0.2) is 4.99 Å². The molecule has 0 atom stereocenters.